The lowest BCUT2D eigenvalue weighted by Gasteiger charge is -2.29. The lowest BCUT2D eigenvalue weighted by molar-refractivity contribution is 0.0669. The van der Waals surface area contributed by atoms with Crippen molar-refractivity contribution in [2.75, 3.05) is 18.7 Å². The van der Waals surface area contributed by atoms with Gasteiger partial charge in [0, 0.05) is 25.6 Å². The maximum absolute atomic E-state index is 11.4. The van der Waals surface area contributed by atoms with Crippen molar-refractivity contribution in [2.24, 2.45) is 0 Å². The summed E-state index contributed by atoms with van der Waals surface area (Å²) in [5.74, 6) is 0.553. The van der Waals surface area contributed by atoms with E-state index in [9.17, 15) is 8.42 Å². The minimum Gasteiger partial charge on any atom is -0.381 e. The van der Waals surface area contributed by atoms with Gasteiger partial charge < -0.3 is 10.1 Å². The van der Waals surface area contributed by atoms with Gasteiger partial charge in [-0.1, -0.05) is 0 Å². The molecule has 0 amide bonds. The van der Waals surface area contributed by atoms with Crippen LogP contribution in [0.25, 0.3) is 0 Å². The summed E-state index contributed by atoms with van der Waals surface area (Å²) in [6.07, 6.45) is 6.96. The molecule has 19 heavy (non-hydrogen) atoms. The first-order chi connectivity index (χ1) is 8.99. The second kappa shape index (κ2) is 5.83. The van der Waals surface area contributed by atoms with Crippen molar-refractivity contribution in [3.63, 3.8) is 0 Å². The van der Waals surface area contributed by atoms with Crippen LogP contribution in [0.15, 0.2) is 17.4 Å². The predicted molar refractivity (Wildman–Crippen MR) is 71.8 cm³/mol. The van der Waals surface area contributed by atoms with E-state index in [1.54, 1.807) is 13.2 Å². The van der Waals surface area contributed by atoms with E-state index in [1.165, 1.54) is 6.20 Å². The number of nitrogens with zero attached hydrogens (tertiary/aromatic N) is 2. The first kappa shape index (κ1) is 14.2. The van der Waals surface area contributed by atoms with Crippen LogP contribution >= 0.6 is 0 Å². The van der Waals surface area contributed by atoms with Crippen LogP contribution in [0.2, 0.25) is 0 Å². The number of aromatic nitrogens is 2. The molecule has 1 heterocycles. The minimum atomic E-state index is -3.37. The lowest BCUT2D eigenvalue weighted by atomic mass is 9.93. The Morgan fingerprint density at radius 2 is 2.21 bits per heavy atom. The molecule has 0 radical (unpaired) electrons. The predicted octanol–water partition coefficient (Wildman–Crippen LogP) is 1.25. The van der Waals surface area contributed by atoms with Crippen molar-refractivity contribution < 1.29 is 13.2 Å². The number of hydrogen-bond donors (Lipinski definition) is 1. The minimum absolute atomic E-state index is 0.142. The molecule has 7 heteroatoms. The SMILES string of the molecule is CO[C@H]1CCC[C@@H](Nc2ccnc(S(C)(=O)=O)n2)C1. The monoisotopic (exact) mass is 285 g/mol. The molecular formula is C12H19N3O3S. The maximum Gasteiger partial charge on any atom is 0.248 e. The van der Waals surface area contributed by atoms with Crippen LogP contribution < -0.4 is 5.32 Å². The zero-order valence-electron chi connectivity index (χ0n) is 11.2. The summed E-state index contributed by atoms with van der Waals surface area (Å²) in [6, 6.07) is 1.95. The highest BCUT2D eigenvalue weighted by Gasteiger charge is 2.22. The fourth-order valence-corrected chi connectivity index (χ4v) is 2.82. The number of rotatable bonds is 4. The summed E-state index contributed by atoms with van der Waals surface area (Å²) in [7, 11) is -1.65. The summed E-state index contributed by atoms with van der Waals surface area (Å²) >= 11 is 0. The van der Waals surface area contributed by atoms with Crippen LogP contribution in [0.5, 0.6) is 0 Å². The summed E-state index contributed by atoms with van der Waals surface area (Å²) in [5, 5.41) is 3.12. The molecule has 1 saturated carbocycles. The van der Waals surface area contributed by atoms with E-state index < -0.39 is 9.84 Å². The van der Waals surface area contributed by atoms with Gasteiger partial charge in [-0.3, -0.25) is 0 Å². The third-order valence-electron chi connectivity index (χ3n) is 3.28. The molecule has 1 aliphatic carbocycles. The topological polar surface area (TPSA) is 81.2 Å². The van der Waals surface area contributed by atoms with Gasteiger partial charge in [-0.05, 0) is 31.7 Å². The van der Waals surface area contributed by atoms with Crippen LogP contribution in [0.1, 0.15) is 25.7 Å². The van der Waals surface area contributed by atoms with Gasteiger partial charge in [0.05, 0.1) is 6.10 Å². The molecule has 0 unspecified atom stereocenters. The Bertz CT molecular complexity index is 533. The lowest BCUT2D eigenvalue weighted by Crippen LogP contribution is -2.31. The van der Waals surface area contributed by atoms with E-state index in [4.69, 9.17) is 4.74 Å². The Kier molecular flexibility index (Phi) is 4.36. The fraction of sp³-hybridized carbons (Fsp3) is 0.667. The van der Waals surface area contributed by atoms with Gasteiger partial charge in [0.15, 0.2) is 0 Å². The third-order valence-corrected chi connectivity index (χ3v) is 4.14. The molecule has 0 aromatic carbocycles. The number of anilines is 1. The molecule has 2 atom stereocenters. The smallest absolute Gasteiger partial charge is 0.248 e. The number of methoxy groups -OCH3 is 1. The van der Waals surface area contributed by atoms with Gasteiger partial charge in [-0.2, -0.15) is 0 Å². The number of nitrogens with one attached hydrogen (secondary N) is 1. The molecular weight excluding hydrogens is 266 g/mol. The summed E-state index contributed by atoms with van der Waals surface area (Å²) in [4.78, 5) is 7.81. The molecule has 0 aliphatic heterocycles. The maximum atomic E-state index is 11.4. The van der Waals surface area contributed by atoms with Gasteiger partial charge in [-0.15, -0.1) is 0 Å². The Morgan fingerprint density at radius 1 is 1.42 bits per heavy atom. The first-order valence-electron chi connectivity index (χ1n) is 6.31. The van der Waals surface area contributed by atoms with Crippen LogP contribution in [0.4, 0.5) is 5.82 Å². The normalized spacial score (nSPS) is 24.1. The van der Waals surface area contributed by atoms with Crippen molar-refractivity contribution in [1.29, 1.82) is 0 Å². The van der Waals surface area contributed by atoms with Crippen LogP contribution in [-0.4, -0.2) is 43.9 Å². The highest BCUT2D eigenvalue weighted by Crippen LogP contribution is 2.23. The molecule has 0 spiro atoms. The average molecular weight is 285 g/mol. The second-order valence-corrected chi connectivity index (χ2v) is 6.77. The quantitative estimate of drug-likeness (QED) is 0.839. The summed E-state index contributed by atoms with van der Waals surface area (Å²) < 4.78 is 28.2. The van der Waals surface area contributed by atoms with Crippen LogP contribution in [0.3, 0.4) is 0 Å². The molecule has 1 aromatic rings. The zero-order chi connectivity index (χ0) is 13.9. The van der Waals surface area contributed by atoms with E-state index in [0.29, 0.717) is 5.82 Å². The molecule has 6 nitrogen and oxygen atoms in total. The number of ether oxygens (including phenoxy) is 1. The molecule has 1 fully saturated rings. The molecule has 1 N–H and O–H groups in total. The molecule has 1 aromatic heterocycles. The number of hydrogen-bond acceptors (Lipinski definition) is 6. The Balaban J connectivity index is 2.07. The van der Waals surface area contributed by atoms with Crippen molar-refractivity contribution >= 4 is 15.7 Å². The van der Waals surface area contributed by atoms with Crippen molar-refractivity contribution in [2.45, 2.75) is 43.0 Å². The van der Waals surface area contributed by atoms with Crippen molar-refractivity contribution in [3.05, 3.63) is 12.3 Å². The second-order valence-electron chi connectivity index (χ2n) is 4.86. The van der Waals surface area contributed by atoms with Gasteiger partial charge in [-0.25, -0.2) is 18.4 Å². The van der Waals surface area contributed by atoms with Crippen LogP contribution in [-0.2, 0) is 14.6 Å². The Labute approximate surface area is 113 Å². The zero-order valence-corrected chi connectivity index (χ0v) is 12.0. The van der Waals surface area contributed by atoms with E-state index >= 15 is 0 Å². The van der Waals surface area contributed by atoms with E-state index in [-0.39, 0.29) is 17.3 Å². The Morgan fingerprint density at radius 3 is 2.89 bits per heavy atom. The Hall–Kier alpha value is -1.21. The molecule has 106 valence electrons. The van der Waals surface area contributed by atoms with Gasteiger partial charge in [0.25, 0.3) is 0 Å². The number of sulfone groups is 1. The summed E-state index contributed by atoms with van der Waals surface area (Å²) in [6.45, 7) is 0. The standard InChI is InChI=1S/C12H19N3O3S/c1-18-10-5-3-4-9(8-10)14-11-6-7-13-12(15-11)19(2,16)17/h6-7,9-10H,3-5,8H2,1-2H3,(H,13,14,15)/t9-,10+/m1/s1. The third kappa shape index (κ3) is 3.87. The van der Waals surface area contributed by atoms with E-state index in [1.807, 2.05) is 0 Å². The molecule has 0 bridgehead atoms. The van der Waals surface area contributed by atoms with Crippen LogP contribution in [0, 0.1) is 0 Å². The molecule has 0 saturated heterocycles. The van der Waals surface area contributed by atoms with Crippen molar-refractivity contribution in [1.82, 2.24) is 9.97 Å². The first-order valence-corrected chi connectivity index (χ1v) is 8.20. The van der Waals surface area contributed by atoms with Gasteiger partial charge in [0.2, 0.25) is 15.0 Å². The highest BCUT2D eigenvalue weighted by molar-refractivity contribution is 7.90. The van der Waals surface area contributed by atoms with Crippen molar-refractivity contribution in [3.8, 4) is 0 Å². The highest BCUT2D eigenvalue weighted by atomic mass is 32.2. The van der Waals surface area contributed by atoms with E-state index in [2.05, 4.69) is 15.3 Å². The van der Waals surface area contributed by atoms with Gasteiger partial charge >= 0.3 is 0 Å². The summed E-state index contributed by atoms with van der Waals surface area (Å²) in [5.41, 5.74) is 0. The van der Waals surface area contributed by atoms with E-state index in [0.717, 1.165) is 31.9 Å². The van der Waals surface area contributed by atoms with Gasteiger partial charge in [0.1, 0.15) is 5.82 Å². The fourth-order valence-electron chi connectivity index (χ4n) is 2.30. The molecule has 2 rings (SSSR count). The molecule has 1 aliphatic rings. The largest absolute Gasteiger partial charge is 0.381 e. The average Bonchev–Trinajstić information content (AvgIpc) is 2.38.